The lowest BCUT2D eigenvalue weighted by atomic mass is 9.91. The largest absolute Gasteiger partial charge is 0.336 e. The molecule has 1 aromatic carbocycles. The van der Waals surface area contributed by atoms with Crippen LogP contribution in [0.4, 0.5) is 5.69 Å². The van der Waals surface area contributed by atoms with E-state index in [9.17, 15) is 0 Å². The van der Waals surface area contributed by atoms with E-state index in [0.717, 1.165) is 50.3 Å². The SMILES string of the molecule is C=C(C1CCN(Cc2ccnc(C)c2/C=C\CC)CC1)N(c1ccccc1C)C(C)c1ccccn1. The average molecular weight is 481 g/mol. The first-order valence-electron chi connectivity index (χ1n) is 13.3. The third-order valence-electron chi connectivity index (χ3n) is 7.44. The summed E-state index contributed by atoms with van der Waals surface area (Å²) in [5.74, 6) is 0.450. The van der Waals surface area contributed by atoms with Crippen LogP contribution in [0, 0.1) is 19.8 Å². The topological polar surface area (TPSA) is 32.3 Å². The van der Waals surface area contributed by atoms with Gasteiger partial charge in [0.15, 0.2) is 0 Å². The van der Waals surface area contributed by atoms with E-state index in [1.165, 1.54) is 28.1 Å². The Hall–Kier alpha value is -3.24. The predicted molar refractivity (Wildman–Crippen MR) is 152 cm³/mol. The van der Waals surface area contributed by atoms with Crippen LogP contribution in [0.3, 0.4) is 0 Å². The molecule has 1 fully saturated rings. The van der Waals surface area contributed by atoms with Crippen LogP contribution in [0.5, 0.6) is 0 Å². The van der Waals surface area contributed by atoms with Gasteiger partial charge in [0.1, 0.15) is 0 Å². The zero-order valence-electron chi connectivity index (χ0n) is 22.3. The Kier molecular flexibility index (Phi) is 8.71. The highest BCUT2D eigenvalue weighted by Crippen LogP contribution is 2.37. The van der Waals surface area contributed by atoms with Crippen molar-refractivity contribution in [1.82, 2.24) is 14.9 Å². The number of likely N-dealkylation sites (tertiary alicyclic amines) is 1. The van der Waals surface area contributed by atoms with Crippen LogP contribution < -0.4 is 4.90 Å². The van der Waals surface area contributed by atoms with Crippen molar-refractivity contribution in [2.75, 3.05) is 18.0 Å². The Morgan fingerprint density at radius 1 is 1.06 bits per heavy atom. The minimum atomic E-state index is 0.116. The third-order valence-corrected chi connectivity index (χ3v) is 7.44. The number of aromatic nitrogens is 2. The van der Waals surface area contributed by atoms with Gasteiger partial charge in [-0.15, -0.1) is 0 Å². The molecule has 0 spiro atoms. The molecule has 1 atom stereocenters. The fourth-order valence-corrected chi connectivity index (χ4v) is 5.30. The standard InChI is InChI=1S/C32H40N4/c1-6-7-13-30-25(3)33-20-16-29(30)23-35-21-17-28(18-22-35)26(4)36(32-15-9-8-12-24(32)2)27(5)31-14-10-11-19-34-31/h7-16,19-20,27-28H,4,6,17-18,21-23H2,1-3,5H3/b13-7-. The van der Waals surface area contributed by atoms with Gasteiger partial charge in [-0.05, 0) is 94.1 Å². The molecule has 4 heteroatoms. The lowest BCUT2D eigenvalue weighted by Gasteiger charge is -2.40. The molecule has 0 bridgehead atoms. The highest BCUT2D eigenvalue weighted by Gasteiger charge is 2.29. The summed E-state index contributed by atoms with van der Waals surface area (Å²) in [6.07, 6.45) is 11.6. The quantitative estimate of drug-likeness (QED) is 0.317. The minimum Gasteiger partial charge on any atom is -0.336 e. The molecule has 0 saturated carbocycles. The lowest BCUT2D eigenvalue weighted by Crippen LogP contribution is -2.38. The zero-order chi connectivity index (χ0) is 25.5. The first-order chi connectivity index (χ1) is 17.5. The number of nitrogens with zero attached hydrogens (tertiary/aromatic N) is 4. The number of hydrogen-bond donors (Lipinski definition) is 0. The van der Waals surface area contributed by atoms with Crippen LogP contribution in [0.2, 0.25) is 0 Å². The van der Waals surface area contributed by atoms with Gasteiger partial charge >= 0.3 is 0 Å². The third kappa shape index (κ3) is 5.93. The van der Waals surface area contributed by atoms with E-state index in [1.54, 1.807) is 0 Å². The number of anilines is 1. The number of hydrogen-bond acceptors (Lipinski definition) is 4. The summed E-state index contributed by atoms with van der Waals surface area (Å²) in [5.41, 5.74) is 8.52. The average Bonchev–Trinajstić information content (AvgIpc) is 2.90. The molecule has 1 aliphatic heterocycles. The number of piperidine rings is 1. The number of aryl methyl sites for hydroxylation is 2. The molecule has 0 amide bonds. The van der Waals surface area contributed by atoms with E-state index in [2.05, 4.69) is 109 Å². The Balaban J connectivity index is 1.49. The van der Waals surface area contributed by atoms with Crippen molar-refractivity contribution in [3.8, 4) is 0 Å². The summed E-state index contributed by atoms with van der Waals surface area (Å²) < 4.78 is 0. The maximum atomic E-state index is 4.68. The van der Waals surface area contributed by atoms with Crippen molar-refractivity contribution in [3.05, 3.63) is 107 Å². The van der Waals surface area contributed by atoms with E-state index in [-0.39, 0.29) is 6.04 Å². The van der Waals surface area contributed by atoms with E-state index in [0.29, 0.717) is 5.92 Å². The molecule has 0 N–H and O–H groups in total. The number of benzene rings is 1. The summed E-state index contributed by atoms with van der Waals surface area (Å²) in [4.78, 5) is 14.2. The summed E-state index contributed by atoms with van der Waals surface area (Å²) >= 11 is 0. The lowest BCUT2D eigenvalue weighted by molar-refractivity contribution is 0.189. The monoisotopic (exact) mass is 480 g/mol. The van der Waals surface area contributed by atoms with Gasteiger partial charge in [-0.2, -0.15) is 0 Å². The molecule has 4 nitrogen and oxygen atoms in total. The molecule has 0 radical (unpaired) electrons. The van der Waals surface area contributed by atoms with Gasteiger partial charge in [0.05, 0.1) is 11.7 Å². The molecule has 3 heterocycles. The summed E-state index contributed by atoms with van der Waals surface area (Å²) in [7, 11) is 0. The summed E-state index contributed by atoms with van der Waals surface area (Å²) in [5, 5.41) is 0. The van der Waals surface area contributed by atoms with Gasteiger partial charge in [-0.1, -0.05) is 49.9 Å². The second-order valence-electron chi connectivity index (χ2n) is 9.91. The number of pyridine rings is 2. The Bertz CT molecular complexity index is 1180. The molecule has 1 unspecified atom stereocenters. The van der Waals surface area contributed by atoms with Gasteiger partial charge < -0.3 is 4.90 Å². The van der Waals surface area contributed by atoms with Gasteiger partial charge in [-0.3, -0.25) is 14.9 Å². The molecular formula is C32H40N4. The molecule has 3 aromatic rings. The molecule has 188 valence electrons. The Labute approximate surface area is 217 Å². The fraction of sp³-hybridized carbons (Fsp3) is 0.375. The summed E-state index contributed by atoms with van der Waals surface area (Å²) in [6.45, 7) is 16.5. The van der Waals surface area contributed by atoms with Crippen LogP contribution >= 0.6 is 0 Å². The van der Waals surface area contributed by atoms with Gasteiger partial charge in [0.2, 0.25) is 0 Å². The molecule has 36 heavy (non-hydrogen) atoms. The van der Waals surface area contributed by atoms with Crippen molar-refractivity contribution < 1.29 is 0 Å². The summed E-state index contributed by atoms with van der Waals surface area (Å²) in [6, 6.07) is 17.1. The predicted octanol–water partition coefficient (Wildman–Crippen LogP) is 7.51. The first kappa shape index (κ1) is 25.8. The van der Waals surface area contributed by atoms with E-state index < -0.39 is 0 Å². The van der Waals surface area contributed by atoms with Crippen LogP contribution in [-0.2, 0) is 6.54 Å². The van der Waals surface area contributed by atoms with Crippen molar-refractivity contribution >= 4 is 11.8 Å². The van der Waals surface area contributed by atoms with Crippen molar-refractivity contribution in [2.24, 2.45) is 5.92 Å². The number of para-hydroxylation sites is 1. The zero-order valence-corrected chi connectivity index (χ0v) is 22.3. The van der Waals surface area contributed by atoms with Crippen molar-refractivity contribution in [3.63, 3.8) is 0 Å². The van der Waals surface area contributed by atoms with Gasteiger partial charge in [0.25, 0.3) is 0 Å². The number of allylic oxidation sites excluding steroid dienone is 2. The maximum Gasteiger partial charge on any atom is 0.0731 e. The van der Waals surface area contributed by atoms with E-state index in [4.69, 9.17) is 0 Å². The fourth-order valence-electron chi connectivity index (χ4n) is 5.30. The van der Waals surface area contributed by atoms with Crippen LogP contribution in [0.15, 0.2) is 79.3 Å². The highest BCUT2D eigenvalue weighted by molar-refractivity contribution is 5.59. The Morgan fingerprint density at radius 2 is 1.81 bits per heavy atom. The smallest absolute Gasteiger partial charge is 0.0731 e. The molecule has 4 rings (SSSR count). The second-order valence-corrected chi connectivity index (χ2v) is 9.91. The van der Waals surface area contributed by atoms with Crippen LogP contribution in [0.25, 0.3) is 6.08 Å². The molecule has 1 saturated heterocycles. The van der Waals surface area contributed by atoms with Gasteiger partial charge in [-0.25, -0.2) is 0 Å². The van der Waals surface area contributed by atoms with Gasteiger partial charge in [0, 0.05) is 41.9 Å². The van der Waals surface area contributed by atoms with Crippen molar-refractivity contribution in [2.45, 2.75) is 59.5 Å². The molecule has 0 aliphatic carbocycles. The molecule has 1 aliphatic rings. The van der Waals surface area contributed by atoms with E-state index in [1.807, 2.05) is 18.5 Å². The minimum absolute atomic E-state index is 0.116. The normalized spacial score (nSPS) is 15.8. The molecule has 2 aromatic heterocycles. The maximum absolute atomic E-state index is 4.68. The highest BCUT2D eigenvalue weighted by atomic mass is 15.2. The first-order valence-corrected chi connectivity index (χ1v) is 13.3. The number of rotatable bonds is 9. The van der Waals surface area contributed by atoms with E-state index >= 15 is 0 Å². The van der Waals surface area contributed by atoms with Crippen LogP contribution in [0.1, 0.15) is 67.2 Å². The second kappa shape index (κ2) is 12.1. The molecular weight excluding hydrogens is 440 g/mol. The Morgan fingerprint density at radius 3 is 2.50 bits per heavy atom. The van der Waals surface area contributed by atoms with Crippen LogP contribution in [-0.4, -0.2) is 28.0 Å². The van der Waals surface area contributed by atoms with Crippen molar-refractivity contribution in [1.29, 1.82) is 0 Å².